The number of hydrogen-bond acceptors (Lipinski definition) is 4. The summed E-state index contributed by atoms with van der Waals surface area (Å²) in [5, 5.41) is 3.83. The zero-order chi connectivity index (χ0) is 16.8. The summed E-state index contributed by atoms with van der Waals surface area (Å²) >= 11 is 0. The second kappa shape index (κ2) is 6.25. The average Bonchev–Trinajstić information content (AvgIpc) is 2.90. The molecule has 0 aromatic rings. The highest BCUT2D eigenvalue weighted by Gasteiger charge is 2.57. The van der Waals surface area contributed by atoms with Gasteiger partial charge in [0, 0.05) is 31.8 Å². The molecule has 132 valence electrons. The van der Waals surface area contributed by atoms with E-state index >= 15 is 0 Å². The Kier molecular flexibility index (Phi) is 4.62. The summed E-state index contributed by atoms with van der Waals surface area (Å²) in [6.45, 7) is 12.8. The SMILES string of the molecule is CC(C)C1CC(NC2C3CN(C(=O)OC(C)(C)C)CC32)CCO1. The van der Waals surface area contributed by atoms with Crippen LogP contribution < -0.4 is 5.32 Å². The molecule has 4 unspecified atom stereocenters. The smallest absolute Gasteiger partial charge is 0.410 e. The number of likely N-dealkylation sites (tertiary alicyclic amines) is 1. The molecule has 5 heteroatoms. The lowest BCUT2D eigenvalue weighted by Crippen LogP contribution is -2.45. The van der Waals surface area contributed by atoms with Crippen LogP contribution in [0.4, 0.5) is 4.79 Å². The van der Waals surface area contributed by atoms with E-state index in [0.717, 1.165) is 32.5 Å². The molecule has 2 heterocycles. The van der Waals surface area contributed by atoms with Crippen LogP contribution in [0.2, 0.25) is 0 Å². The zero-order valence-electron chi connectivity index (χ0n) is 15.2. The van der Waals surface area contributed by atoms with Gasteiger partial charge in [-0.2, -0.15) is 0 Å². The molecule has 3 aliphatic rings. The Labute approximate surface area is 140 Å². The number of ether oxygens (including phenoxy) is 2. The number of carbonyl (C=O) groups is 1. The number of rotatable bonds is 3. The molecule has 0 aromatic carbocycles. The minimum absolute atomic E-state index is 0.158. The van der Waals surface area contributed by atoms with E-state index in [4.69, 9.17) is 9.47 Å². The van der Waals surface area contributed by atoms with Crippen LogP contribution in [0.1, 0.15) is 47.5 Å². The minimum atomic E-state index is -0.407. The highest BCUT2D eigenvalue weighted by molar-refractivity contribution is 5.69. The molecule has 1 N–H and O–H groups in total. The quantitative estimate of drug-likeness (QED) is 0.867. The molecule has 2 aliphatic heterocycles. The zero-order valence-corrected chi connectivity index (χ0v) is 15.2. The summed E-state index contributed by atoms with van der Waals surface area (Å²) in [6.07, 6.45) is 2.45. The molecule has 1 saturated carbocycles. The van der Waals surface area contributed by atoms with Crippen LogP contribution in [0.25, 0.3) is 0 Å². The van der Waals surface area contributed by atoms with Gasteiger partial charge >= 0.3 is 6.09 Å². The maximum Gasteiger partial charge on any atom is 0.410 e. The molecule has 23 heavy (non-hydrogen) atoms. The summed E-state index contributed by atoms with van der Waals surface area (Å²) < 4.78 is 11.3. The Morgan fingerprint density at radius 3 is 2.48 bits per heavy atom. The number of piperidine rings is 1. The molecule has 0 bridgehead atoms. The lowest BCUT2D eigenvalue weighted by atomic mass is 9.95. The first-order valence-corrected chi connectivity index (χ1v) is 9.10. The lowest BCUT2D eigenvalue weighted by molar-refractivity contribution is -0.0251. The van der Waals surface area contributed by atoms with E-state index in [1.807, 2.05) is 25.7 Å². The van der Waals surface area contributed by atoms with Crippen molar-refractivity contribution in [1.29, 1.82) is 0 Å². The van der Waals surface area contributed by atoms with Crippen molar-refractivity contribution in [3.05, 3.63) is 0 Å². The first-order chi connectivity index (χ1) is 10.7. The number of amides is 1. The Hall–Kier alpha value is -0.810. The maximum atomic E-state index is 12.1. The molecule has 3 fully saturated rings. The van der Waals surface area contributed by atoms with Crippen LogP contribution in [0, 0.1) is 17.8 Å². The maximum absolute atomic E-state index is 12.1. The van der Waals surface area contributed by atoms with Gasteiger partial charge in [0.05, 0.1) is 6.10 Å². The molecule has 0 spiro atoms. The molecule has 0 radical (unpaired) electrons. The highest BCUT2D eigenvalue weighted by Crippen LogP contribution is 2.46. The summed E-state index contributed by atoms with van der Waals surface area (Å²) in [5.74, 6) is 1.81. The van der Waals surface area contributed by atoms with Gasteiger partial charge in [0.25, 0.3) is 0 Å². The van der Waals surface area contributed by atoms with Crippen molar-refractivity contribution in [2.45, 2.75) is 71.2 Å². The third-order valence-electron chi connectivity index (χ3n) is 5.33. The standard InChI is InChI=1S/C18H32N2O3/c1-11(2)15-8-12(6-7-22-15)19-16-13-9-20(10-14(13)16)17(21)23-18(3,4)5/h11-16,19H,6-10H2,1-5H3. The van der Waals surface area contributed by atoms with Gasteiger partial charge in [-0.05, 0) is 51.4 Å². The number of fused-ring (bicyclic) bond motifs is 1. The van der Waals surface area contributed by atoms with Crippen LogP contribution in [-0.4, -0.2) is 54.5 Å². The van der Waals surface area contributed by atoms with E-state index < -0.39 is 5.60 Å². The van der Waals surface area contributed by atoms with Gasteiger partial charge < -0.3 is 19.7 Å². The van der Waals surface area contributed by atoms with Crippen molar-refractivity contribution in [2.75, 3.05) is 19.7 Å². The van der Waals surface area contributed by atoms with Crippen LogP contribution in [0.3, 0.4) is 0 Å². The van der Waals surface area contributed by atoms with Gasteiger partial charge in [-0.25, -0.2) is 4.79 Å². The summed E-state index contributed by atoms with van der Waals surface area (Å²) in [7, 11) is 0. The fraction of sp³-hybridized carbons (Fsp3) is 0.944. The van der Waals surface area contributed by atoms with Crippen LogP contribution in [0.5, 0.6) is 0 Å². The van der Waals surface area contributed by atoms with Gasteiger partial charge in [0.15, 0.2) is 0 Å². The number of carbonyl (C=O) groups excluding carboxylic acids is 1. The first-order valence-electron chi connectivity index (χ1n) is 9.10. The molecular weight excluding hydrogens is 292 g/mol. The first kappa shape index (κ1) is 17.0. The fourth-order valence-corrected chi connectivity index (χ4v) is 3.97. The lowest BCUT2D eigenvalue weighted by Gasteiger charge is -2.33. The predicted molar refractivity (Wildman–Crippen MR) is 89.3 cm³/mol. The van der Waals surface area contributed by atoms with Gasteiger partial charge in [-0.3, -0.25) is 0 Å². The monoisotopic (exact) mass is 324 g/mol. The Morgan fingerprint density at radius 2 is 1.91 bits per heavy atom. The van der Waals surface area contributed by atoms with Gasteiger partial charge in [0.1, 0.15) is 5.60 Å². The Bertz CT molecular complexity index is 434. The second-order valence-corrected chi connectivity index (χ2v) is 8.78. The normalized spacial score (nSPS) is 37.0. The molecule has 3 rings (SSSR count). The number of nitrogens with one attached hydrogen (secondary N) is 1. The van der Waals surface area contributed by atoms with Gasteiger partial charge in [0.2, 0.25) is 0 Å². The van der Waals surface area contributed by atoms with E-state index in [2.05, 4.69) is 19.2 Å². The third kappa shape index (κ3) is 4.00. The topological polar surface area (TPSA) is 50.8 Å². The highest BCUT2D eigenvalue weighted by atomic mass is 16.6. The van der Waals surface area contributed by atoms with E-state index in [1.165, 1.54) is 0 Å². The summed E-state index contributed by atoms with van der Waals surface area (Å²) in [4.78, 5) is 14.0. The van der Waals surface area contributed by atoms with E-state index in [1.54, 1.807) is 0 Å². The van der Waals surface area contributed by atoms with Crippen molar-refractivity contribution in [1.82, 2.24) is 10.2 Å². The van der Waals surface area contributed by atoms with Crippen molar-refractivity contribution in [2.24, 2.45) is 17.8 Å². The van der Waals surface area contributed by atoms with E-state index in [0.29, 0.717) is 35.9 Å². The molecule has 5 nitrogen and oxygen atoms in total. The largest absolute Gasteiger partial charge is 0.444 e. The van der Waals surface area contributed by atoms with E-state index in [-0.39, 0.29) is 6.09 Å². The molecule has 2 saturated heterocycles. The summed E-state index contributed by atoms with van der Waals surface area (Å²) in [6, 6.07) is 1.16. The summed E-state index contributed by atoms with van der Waals surface area (Å²) in [5.41, 5.74) is -0.407. The third-order valence-corrected chi connectivity index (χ3v) is 5.33. The average molecular weight is 324 g/mol. The minimum Gasteiger partial charge on any atom is -0.444 e. The van der Waals surface area contributed by atoms with Gasteiger partial charge in [-0.15, -0.1) is 0 Å². The van der Waals surface area contributed by atoms with Crippen LogP contribution >= 0.6 is 0 Å². The van der Waals surface area contributed by atoms with Crippen molar-refractivity contribution >= 4 is 6.09 Å². The van der Waals surface area contributed by atoms with Gasteiger partial charge in [-0.1, -0.05) is 13.8 Å². The molecule has 4 atom stereocenters. The Morgan fingerprint density at radius 1 is 1.26 bits per heavy atom. The fourth-order valence-electron chi connectivity index (χ4n) is 3.97. The Balaban J connectivity index is 1.43. The molecule has 0 aromatic heterocycles. The number of nitrogens with zero attached hydrogens (tertiary/aromatic N) is 1. The predicted octanol–water partition coefficient (Wildman–Crippen LogP) is 2.64. The molecular formula is C18H32N2O3. The van der Waals surface area contributed by atoms with Crippen molar-refractivity contribution < 1.29 is 14.3 Å². The van der Waals surface area contributed by atoms with Crippen molar-refractivity contribution in [3.63, 3.8) is 0 Å². The van der Waals surface area contributed by atoms with Crippen LogP contribution in [0.15, 0.2) is 0 Å². The second-order valence-electron chi connectivity index (χ2n) is 8.78. The van der Waals surface area contributed by atoms with E-state index in [9.17, 15) is 4.79 Å². The van der Waals surface area contributed by atoms with Crippen LogP contribution in [-0.2, 0) is 9.47 Å². The number of hydrogen-bond donors (Lipinski definition) is 1. The van der Waals surface area contributed by atoms with Crippen molar-refractivity contribution in [3.8, 4) is 0 Å². The molecule has 1 amide bonds. The molecule has 1 aliphatic carbocycles.